The van der Waals surface area contributed by atoms with Crippen molar-refractivity contribution in [3.05, 3.63) is 35.1 Å². The largest absolute Gasteiger partial charge is 0.484 e. The van der Waals surface area contributed by atoms with Crippen LogP contribution in [0.2, 0.25) is 5.02 Å². The summed E-state index contributed by atoms with van der Waals surface area (Å²) in [4.78, 5) is 12.0. The third-order valence-electron chi connectivity index (χ3n) is 4.19. The molecule has 0 radical (unpaired) electrons. The lowest BCUT2D eigenvalue weighted by Crippen LogP contribution is -2.33. The second kappa shape index (κ2) is 8.77. The second-order valence-electron chi connectivity index (χ2n) is 6.38. The summed E-state index contributed by atoms with van der Waals surface area (Å²) < 4.78 is 7.90. The first kappa shape index (κ1) is 19.0. The van der Waals surface area contributed by atoms with Crippen LogP contribution in [0.5, 0.6) is 5.75 Å². The first-order valence-corrected chi connectivity index (χ1v) is 10.2. The summed E-state index contributed by atoms with van der Waals surface area (Å²) in [6.07, 6.45) is 3.12. The first-order valence-electron chi connectivity index (χ1n) is 8.81. The van der Waals surface area contributed by atoms with E-state index in [1.165, 1.54) is 11.8 Å². The van der Waals surface area contributed by atoms with Crippen molar-refractivity contribution in [3.8, 4) is 5.75 Å². The number of nitrogens with one attached hydrogen (secondary N) is 1. The summed E-state index contributed by atoms with van der Waals surface area (Å²) in [6, 6.07) is 7.94. The molecule has 6 nitrogen and oxygen atoms in total. The van der Waals surface area contributed by atoms with Crippen LogP contribution in [-0.4, -0.2) is 32.5 Å². The molecule has 0 bridgehead atoms. The van der Waals surface area contributed by atoms with E-state index in [4.69, 9.17) is 16.3 Å². The monoisotopic (exact) mass is 394 g/mol. The molecule has 3 rings (SSSR count). The Labute approximate surface area is 162 Å². The highest BCUT2D eigenvalue weighted by molar-refractivity contribution is 7.99. The molecule has 26 heavy (non-hydrogen) atoms. The van der Waals surface area contributed by atoms with E-state index in [0.29, 0.717) is 29.2 Å². The Kier molecular flexibility index (Phi) is 6.43. The minimum Gasteiger partial charge on any atom is -0.484 e. The Morgan fingerprint density at radius 1 is 1.42 bits per heavy atom. The maximum absolute atomic E-state index is 12.0. The molecule has 1 aliphatic carbocycles. The number of benzene rings is 1. The molecule has 1 aliphatic rings. The zero-order valence-electron chi connectivity index (χ0n) is 14.9. The Morgan fingerprint density at radius 3 is 2.88 bits per heavy atom. The third-order valence-corrected chi connectivity index (χ3v) is 5.45. The van der Waals surface area contributed by atoms with E-state index >= 15 is 0 Å². The minimum absolute atomic E-state index is 0.0172. The molecule has 0 spiro atoms. The number of hydrogen-bond acceptors (Lipinski definition) is 5. The third kappa shape index (κ3) is 4.92. The van der Waals surface area contributed by atoms with Crippen LogP contribution in [0.25, 0.3) is 0 Å². The van der Waals surface area contributed by atoms with Crippen LogP contribution >= 0.6 is 23.4 Å². The van der Waals surface area contributed by atoms with Gasteiger partial charge in [0.2, 0.25) is 5.91 Å². The van der Waals surface area contributed by atoms with Crippen LogP contribution in [0, 0.1) is 0 Å². The van der Waals surface area contributed by atoms with E-state index in [1.807, 2.05) is 32.0 Å². The predicted octanol–water partition coefficient (Wildman–Crippen LogP) is 3.85. The van der Waals surface area contributed by atoms with Crippen molar-refractivity contribution < 1.29 is 9.53 Å². The zero-order valence-corrected chi connectivity index (χ0v) is 16.5. The van der Waals surface area contributed by atoms with Gasteiger partial charge in [-0.2, -0.15) is 0 Å². The molecule has 0 saturated heterocycles. The molecule has 1 atom stereocenters. The fourth-order valence-electron chi connectivity index (χ4n) is 2.46. The SMILES string of the molecule is CCC(C)NC(=O)CSc1nnc(COc2ccccc2Cl)n1C1CC1. The van der Waals surface area contributed by atoms with E-state index in [1.54, 1.807) is 6.07 Å². The lowest BCUT2D eigenvalue weighted by atomic mass is 10.3. The van der Waals surface area contributed by atoms with Gasteiger partial charge in [0.05, 0.1) is 10.8 Å². The molecule has 1 heterocycles. The lowest BCUT2D eigenvalue weighted by Gasteiger charge is -2.12. The number of halogens is 1. The van der Waals surface area contributed by atoms with Gasteiger partial charge in [-0.1, -0.05) is 42.4 Å². The van der Waals surface area contributed by atoms with Gasteiger partial charge in [-0.3, -0.25) is 9.36 Å². The predicted molar refractivity (Wildman–Crippen MR) is 103 cm³/mol. The quantitative estimate of drug-likeness (QED) is 0.654. The standard InChI is InChI=1S/C18H23ClN4O2S/c1-3-12(2)20-17(24)11-26-18-22-21-16(23(18)13-8-9-13)10-25-15-7-5-4-6-14(15)19/h4-7,12-13H,3,8-11H2,1-2H3,(H,20,24). The smallest absolute Gasteiger partial charge is 0.230 e. The van der Waals surface area contributed by atoms with E-state index in [0.717, 1.165) is 30.2 Å². The normalized spacial score (nSPS) is 14.9. The highest BCUT2D eigenvalue weighted by Crippen LogP contribution is 2.39. The number of hydrogen-bond donors (Lipinski definition) is 1. The number of rotatable bonds is 9. The highest BCUT2D eigenvalue weighted by atomic mass is 35.5. The molecule has 1 aromatic heterocycles. The maximum Gasteiger partial charge on any atom is 0.230 e. The number of aromatic nitrogens is 3. The molecule has 8 heteroatoms. The average Bonchev–Trinajstić information content (AvgIpc) is 3.39. The number of carbonyl (C=O) groups is 1. The Balaban J connectivity index is 1.63. The lowest BCUT2D eigenvalue weighted by molar-refractivity contribution is -0.119. The van der Waals surface area contributed by atoms with Crippen LogP contribution in [0.15, 0.2) is 29.4 Å². The summed E-state index contributed by atoms with van der Waals surface area (Å²) >= 11 is 7.55. The van der Waals surface area contributed by atoms with Crippen molar-refractivity contribution in [2.75, 3.05) is 5.75 Å². The first-order chi connectivity index (χ1) is 12.6. The van der Waals surface area contributed by atoms with E-state index < -0.39 is 0 Å². The summed E-state index contributed by atoms with van der Waals surface area (Å²) in [5, 5.41) is 12.8. The van der Waals surface area contributed by atoms with E-state index in [2.05, 4.69) is 20.1 Å². The number of nitrogens with zero attached hydrogens (tertiary/aromatic N) is 3. The van der Waals surface area contributed by atoms with E-state index in [9.17, 15) is 4.79 Å². The zero-order chi connectivity index (χ0) is 18.5. The van der Waals surface area contributed by atoms with Crippen molar-refractivity contribution in [2.24, 2.45) is 0 Å². The molecular formula is C18H23ClN4O2S. The number of amides is 1. The molecular weight excluding hydrogens is 372 g/mol. The second-order valence-corrected chi connectivity index (χ2v) is 7.73. The Hall–Kier alpha value is -1.73. The molecule has 140 valence electrons. The summed E-state index contributed by atoms with van der Waals surface area (Å²) in [6.45, 7) is 4.35. The molecule has 1 N–H and O–H groups in total. The van der Waals surface area contributed by atoms with Crippen LogP contribution in [0.3, 0.4) is 0 Å². The summed E-state index contributed by atoms with van der Waals surface area (Å²) in [7, 11) is 0. The van der Waals surface area contributed by atoms with Gasteiger partial charge in [0, 0.05) is 12.1 Å². The minimum atomic E-state index is 0.0172. The number of carbonyl (C=O) groups excluding carboxylic acids is 1. The van der Waals surface area contributed by atoms with Gasteiger partial charge >= 0.3 is 0 Å². The molecule has 1 saturated carbocycles. The van der Waals surface area contributed by atoms with Gasteiger partial charge in [0.1, 0.15) is 12.4 Å². The Morgan fingerprint density at radius 2 is 2.19 bits per heavy atom. The molecule has 1 amide bonds. The topological polar surface area (TPSA) is 69.0 Å². The highest BCUT2D eigenvalue weighted by Gasteiger charge is 2.30. The van der Waals surface area contributed by atoms with Crippen LogP contribution in [0.4, 0.5) is 0 Å². The molecule has 1 unspecified atom stereocenters. The van der Waals surface area contributed by atoms with E-state index in [-0.39, 0.29) is 11.9 Å². The van der Waals surface area contributed by atoms with Gasteiger partial charge in [-0.25, -0.2) is 0 Å². The maximum atomic E-state index is 12.0. The fourth-order valence-corrected chi connectivity index (χ4v) is 3.48. The van der Waals surface area contributed by atoms with Crippen molar-refractivity contribution in [1.29, 1.82) is 0 Å². The Bertz CT molecular complexity index is 763. The molecule has 0 aliphatic heterocycles. The van der Waals surface area contributed by atoms with Gasteiger partial charge in [-0.05, 0) is 38.3 Å². The van der Waals surface area contributed by atoms with Gasteiger partial charge < -0.3 is 10.1 Å². The number of thioether (sulfide) groups is 1. The molecule has 1 fully saturated rings. The summed E-state index contributed by atoms with van der Waals surface area (Å²) in [5.41, 5.74) is 0. The van der Waals surface area contributed by atoms with Crippen LogP contribution < -0.4 is 10.1 Å². The number of para-hydroxylation sites is 1. The van der Waals surface area contributed by atoms with Gasteiger partial charge in [0.15, 0.2) is 11.0 Å². The van der Waals surface area contributed by atoms with Crippen LogP contribution in [0.1, 0.15) is 45.0 Å². The van der Waals surface area contributed by atoms with Gasteiger partial charge in [-0.15, -0.1) is 10.2 Å². The number of ether oxygens (including phenoxy) is 1. The van der Waals surface area contributed by atoms with Crippen molar-refractivity contribution in [3.63, 3.8) is 0 Å². The van der Waals surface area contributed by atoms with Gasteiger partial charge in [0.25, 0.3) is 0 Å². The van der Waals surface area contributed by atoms with Crippen LogP contribution in [-0.2, 0) is 11.4 Å². The summed E-state index contributed by atoms with van der Waals surface area (Å²) in [5.74, 6) is 1.74. The van der Waals surface area contributed by atoms with Crippen molar-refractivity contribution >= 4 is 29.3 Å². The molecule has 2 aromatic rings. The van der Waals surface area contributed by atoms with Crippen molar-refractivity contribution in [1.82, 2.24) is 20.1 Å². The fraction of sp³-hybridized carbons (Fsp3) is 0.500. The average molecular weight is 395 g/mol. The van der Waals surface area contributed by atoms with Crippen molar-refractivity contribution in [2.45, 2.75) is 57.0 Å². The molecule has 1 aromatic carbocycles.